The molecule has 0 aliphatic heterocycles. The van der Waals surface area contributed by atoms with E-state index in [0.29, 0.717) is 11.0 Å². The van der Waals surface area contributed by atoms with E-state index in [-0.39, 0.29) is 12.5 Å². The minimum absolute atomic E-state index is 0.248. The highest BCUT2D eigenvalue weighted by molar-refractivity contribution is 6.31. The normalized spacial score (nSPS) is 22.9. The highest BCUT2D eigenvalue weighted by Gasteiger charge is 2.40. The summed E-state index contributed by atoms with van der Waals surface area (Å²) in [5.74, 6) is 0.570. The SMILES string of the molecule is NC(=O)N(O)C[C@@H]1C[C@H]1c1ccccc1Cl. The zero-order valence-corrected chi connectivity index (χ0v) is 9.39. The van der Waals surface area contributed by atoms with Crippen molar-refractivity contribution in [3.05, 3.63) is 34.9 Å². The van der Waals surface area contributed by atoms with Gasteiger partial charge in [0.05, 0.1) is 6.54 Å². The molecule has 1 aliphatic carbocycles. The van der Waals surface area contributed by atoms with Crippen LogP contribution in [0.3, 0.4) is 0 Å². The van der Waals surface area contributed by atoms with Gasteiger partial charge in [-0.05, 0) is 29.9 Å². The topological polar surface area (TPSA) is 66.6 Å². The standard InChI is InChI=1S/C11H13ClN2O2/c12-10-4-2-1-3-8(10)9-5-7(9)6-14(16)11(13)15/h1-4,7,9,16H,5-6H2,(H2,13,15)/t7-,9+/m0/s1. The second kappa shape index (κ2) is 4.31. The molecule has 1 aromatic carbocycles. The molecule has 4 nitrogen and oxygen atoms in total. The summed E-state index contributed by atoms with van der Waals surface area (Å²) in [5, 5.41) is 10.5. The summed E-state index contributed by atoms with van der Waals surface area (Å²) in [6.45, 7) is 0.269. The maximum absolute atomic E-state index is 10.6. The molecular formula is C11H13ClN2O2. The van der Waals surface area contributed by atoms with Crippen molar-refractivity contribution < 1.29 is 10.0 Å². The maximum atomic E-state index is 10.6. The quantitative estimate of drug-likeness (QED) is 0.628. The Hall–Kier alpha value is -1.26. The van der Waals surface area contributed by atoms with Crippen molar-refractivity contribution in [3.63, 3.8) is 0 Å². The van der Waals surface area contributed by atoms with E-state index in [0.717, 1.165) is 17.0 Å². The summed E-state index contributed by atoms with van der Waals surface area (Å²) in [7, 11) is 0. The van der Waals surface area contributed by atoms with E-state index in [2.05, 4.69) is 0 Å². The van der Waals surface area contributed by atoms with Crippen LogP contribution in [0.25, 0.3) is 0 Å². The van der Waals surface area contributed by atoms with E-state index in [1.54, 1.807) is 0 Å². The van der Waals surface area contributed by atoms with Crippen molar-refractivity contribution in [3.8, 4) is 0 Å². The highest BCUT2D eigenvalue weighted by atomic mass is 35.5. The average Bonchev–Trinajstić information content (AvgIpc) is 2.97. The van der Waals surface area contributed by atoms with Crippen LogP contribution in [0.5, 0.6) is 0 Å². The fourth-order valence-electron chi connectivity index (χ4n) is 1.92. The van der Waals surface area contributed by atoms with Gasteiger partial charge in [0.2, 0.25) is 0 Å². The van der Waals surface area contributed by atoms with Crippen LogP contribution in [0.15, 0.2) is 24.3 Å². The number of hydroxylamine groups is 2. The number of hydrogen-bond acceptors (Lipinski definition) is 2. The van der Waals surface area contributed by atoms with Crippen molar-refractivity contribution in [2.24, 2.45) is 11.7 Å². The van der Waals surface area contributed by atoms with Crippen LogP contribution >= 0.6 is 11.6 Å². The molecule has 2 atom stereocenters. The van der Waals surface area contributed by atoms with Gasteiger partial charge in [0, 0.05) is 5.02 Å². The first-order chi connectivity index (χ1) is 7.59. The van der Waals surface area contributed by atoms with Crippen LogP contribution in [0.1, 0.15) is 17.9 Å². The lowest BCUT2D eigenvalue weighted by molar-refractivity contribution is -0.0431. The van der Waals surface area contributed by atoms with Gasteiger partial charge in [0.25, 0.3) is 0 Å². The Morgan fingerprint density at radius 1 is 1.56 bits per heavy atom. The molecule has 3 N–H and O–H groups in total. The van der Waals surface area contributed by atoms with E-state index >= 15 is 0 Å². The summed E-state index contributed by atoms with van der Waals surface area (Å²) in [6.07, 6.45) is 0.925. The molecule has 0 saturated heterocycles. The number of rotatable bonds is 3. The van der Waals surface area contributed by atoms with E-state index in [4.69, 9.17) is 17.3 Å². The number of halogens is 1. The highest BCUT2D eigenvalue weighted by Crippen LogP contribution is 2.49. The molecule has 5 heteroatoms. The average molecular weight is 241 g/mol. The van der Waals surface area contributed by atoms with Crippen molar-refractivity contribution in [2.75, 3.05) is 6.54 Å². The summed E-state index contributed by atoms with van der Waals surface area (Å²) >= 11 is 6.06. The molecule has 1 aromatic rings. The Morgan fingerprint density at radius 2 is 2.25 bits per heavy atom. The van der Waals surface area contributed by atoms with Gasteiger partial charge >= 0.3 is 6.03 Å². The zero-order valence-electron chi connectivity index (χ0n) is 8.64. The first-order valence-corrected chi connectivity index (χ1v) is 5.47. The molecule has 0 spiro atoms. The van der Waals surface area contributed by atoms with Gasteiger partial charge < -0.3 is 5.73 Å². The summed E-state index contributed by atoms with van der Waals surface area (Å²) < 4.78 is 0. The number of amides is 2. The maximum Gasteiger partial charge on any atom is 0.338 e. The minimum Gasteiger partial charge on any atom is -0.350 e. The fourth-order valence-corrected chi connectivity index (χ4v) is 2.19. The number of nitrogens with two attached hydrogens (primary N) is 1. The largest absolute Gasteiger partial charge is 0.350 e. The summed E-state index contributed by atoms with van der Waals surface area (Å²) in [6, 6.07) is 6.81. The van der Waals surface area contributed by atoms with Crippen molar-refractivity contribution in [1.82, 2.24) is 5.06 Å². The van der Waals surface area contributed by atoms with Gasteiger partial charge in [0.15, 0.2) is 0 Å². The third-order valence-corrected chi connectivity index (χ3v) is 3.23. The van der Waals surface area contributed by atoms with Crippen molar-refractivity contribution >= 4 is 17.6 Å². The molecule has 16 heavy (non-hydrogen) atoms. The zero-order chi connectivity index (χ0) is 11.7. The first kappa shape index (κ1) is 11.2. The summed E-state index contributed by atoms with van der Waals surface area (Å²) in [5.41, 5.74) is 6.01. The van der Waals surface area contributed by atoms with E-state index in [1.165, 1.54) is 0 Å². The lowest BCUT2D eigenvalue weighted by Gasteiger charge is -2.11. The molecule has 0 aromatic heterocycles. The van der Waals surface area contributed by atoms with Gasteiger partial charge in [-0.2, -0.15) is 0 Å². The molecule has 86 valence electrons. The monoisotopic (exact) mass is 240 g/mol. The molecule has 1 aliphatic rings. The first-order valence-electron chi connectivity index (χ1n) is 5.10. The fraction of sp³-hybridized carbons (Fsp3) is 0.364. The molecule has 0 heterocycles. The van der Waals surface area contributed by atoms with Crippen LogP contribution < -0.4 is 5.73 Å². The Labute approximate surface area is 98.6 Å². The van der Waals surface area contributed by atoms with Gasteiger partial charge in [-0.1, -0.05) is 29.8 Å². The predicted molar refractivity (Wildman–Crippen MR) is 60.4 cm³/mol. The lowest BCUT2D eigenvalue weighted by Crippen LogP contribution is -2.34. The molecule has 0 radical (unpaired) electrons. The number of nitrogens with zero attached hydrogens (tertiary/aromatic N) is 1. The third kappa shape index (κ3) is 2.28. The van der Waals surface area contributed by atoms with Crippen molar-refractivity contribution in [1.29, 1.82) is 0 Å². The van der Waals surface area contributed by atoms with E-state index in [1.807, 2.05) is 24.3 Å². The van der Waals surface area contributed by atoms with E-state index < -0.39 is 6.03 Å². The van der Waals surface area contributed by atoms with Crippen molar-refractivity contribution in [2.45, 2.75) is 12.3 Å². The molecule has 2 amide bonds. The van der Waals surface area contributed by atoms with Gasteiger partial charge in [-0.3, -0.25) is 5.21 Å². The number of benzene rings is 1. The number of hydrogen-bond donors (Lipinski definition) is 2. The van der Waals surface area contributed by atoms with Crippen LogP contribution in [0, 0.1) is 5.92 Å². The predicted octanol–water partition coefficient (Wildman–Crippen LogP) is 2.21. The Bertz CT molecular complexity index is 411. The number of carbonyl (C=O) groups excluding carboxylic acids is 1. The molecule has 0 unspecified atom stereocenters. The second-order valence-corrected chi connectivity index (χ2v) is 4.45. The molecule has 0 bridgehead atoms. The number of carbonyl (C=O) groups is 1. The second-order valence-electron chi connectivity index (χ2n) is 4.04. The third-order valence-electron chi connectivity index (χ3n) is 2.89. The van der Waals surface area contributed by atoms with E-state index in [9.17, 15) is 10.0 Å². The smallest absolute Gasteiger partial charge is 0.338 e. The molecule has 1 saturated carbocycles. The molecule has 2 rings (SSSR count). The number of urea groups is 1. The molecule has 1 fully saturated rings. The van der Waals surface area contributed by atoms with Crippen LogP contribution in [0.4, 0.5) is 4.79 Å². The van der Waals surface area contributed by atoms with Crippen LogP contribution in [-0.4, -0.2) is 22.8 Å². The lowest BCUT2D eigenvalue weighted by atomic mass is 10.1. The van der Waals surface area contributed by atoms with Crippen LogP contribution in [-0.2, 0) is 0 Å². The van der Waals surface area contributed by atoms with Gasteiger partial charge in [0.1, 0.15) is 0 Å². The Morgan fingerprint density at radius 3 is 2.88 bits per heavy atom. The van der Waals surface area contributed by atoms with Crippen LogP contribution in [0.2, 0.25) is 5.02 Å². The summed E-state index contributed by atoms with van der Waals surface area (Å²) in [4.78, 5) is 10.6. The van der Waals surface area contributed by atoms with Gasteiger partial charge in [-0.15, -0.1) is 0 Å². The van der Waals surface area contributed by atoms with Gasteiger partial charge in [-0.25, -0.2) is 9.86 Å². The molecular weight excluding hydrogens is 228 g/mol. The Kier molecular flexibility index (Phi) is 3.03. The minimum atomic E-state index is -0.815. The Balaban J connectivity index is 1.97. The number of primary amides is 1.